The lowest BCUT2D eigenvalue weighted by molar-refractivity contribution is -0.164. The molecule has 2 amide bonds. The van der Waals surface area contributed by atoms with Gasteiger partial charge >= 0.3 is 6.18 Å². The van der Waals surface area contributed by atoms with Crippen LogP contribution in [0.25, 0.3) is 0 Å². The molecule has 1 aromatic rings. The molecule has 0 aromatic heterocycles. The van der Waals surface area contributed by atoms with E-state index in [0.717, 1.165) is 48.5 Å². The summed E-state index contributed by atoms with van der Waals surface area (Å²) in [5.74, 6) is 0.740. The predicted molar refractivity (Wildman–Crippen MR) is 120 cm³/mol. The topological polar surface area (TPSA) is 86.8 Å². The lowest BCUT2D eigenvalue weighted by Gasteiger charge is -2.62. The summed E-state index contributed by atoms with van der Waals surface area (Å²) in [6, 6.07) is 3.76. The molecule has 1 saturated heterocycles. The van der Waals surface area contributed by atoms with E-state index in [9.17, 15) is 31.2 Å². The fourth-order valence-electron chi connectivity index (χ4n) is 7.48. The number of carbonyl (C=O) groups is 2. The molecule has 192 valence electrons. The van der Waals surface area contributed by atoms with Crippen molar-refractivity contribution in [2.24, 2.45) is 17.3 Å². The Hall–Kier alpha value is -2.14. The fraction of sp³-hybridized carbons (Fsp3) is 0.667. The smallest absolute Gasteiger partial charge is 0.351 e. The Kier molecular flexibility index (Phi) is 5.75. The highest BCUT2D eigenvalue weighted by molar-refractivity contribution is 7.89. The molecule has 35 heavy (non-hydrogen) atoms. The molecule has 0 radical (unpaired) electrons. The van der Waals surface area contributed by atoms with Crippen LogP contribution in [0.15, 0.2) is 29.2 Å². The van der Waals surface area contributed by atoms with Gasteiger partial charge in [0.1, 0.15) is 0 Å². The number of benzene rings is 1. The number of piperazine rings is 1. The van der Waals surface area contributed by atoms with Gasteiger partial charge in [-0.3, -0.25) is 9.59 Å². The highest BCUT2D eigenvalue weighted by Gasteiger charge is 2.61. The highest BCUT2D eigenvalue weighted by Crippen LogP contribution is 2.62. The molecule has 5 aliphatic rings. The third-order valence-electron chi connectivity index (χ3n) is 8.28. The van der Waals surface area contributed by atoms with E-state index in [1.54, 1.807) is 4.90 Å². The van der Waals surface area contributed by atoms with Crippen molar-refractivity contribution >= 4 is 21.8 Å². The molecule has 4 aliphatic carbocycles. The second kappa shape index (κ2) is 8.19. The molecule has 2 atom stereocenters. The average Bonchev–Trinajstić information content (AvgIpc) is 2.76. The van der Waals surface area contributed by atoms with E-state index in [0.29, 0.717) is 24.3 Å². The van der Waals surface area contributed by atoms with Crippen LogP contribution < -0.4 is 5.32 Å². The van der Waals surface area contributed by atoms with Gasteiger partial charge in [-0.2, -0.15) is 17.5 Å². The third-order valence-corrected chi connectivity index (χ3v) is 10.2. The normalized spacial score (nSPS) is 33.1. The van der Waals surface area contributed by atoms with Crippen LogP contribution in [-0.4, -0.2) is 61.2 Å². The number of alkyl halides is 3. The van der Waals surface area contributed by atoms with E-state index in [1.165, 1.54) is 13.0 Å². The van der Waals surface area contributed by atoms with Gasteiger partial charge in [-0.25, -0.2) is 8.42 Å². The number of nitrogens with one attached hydrogen (secondary N) is 1. The van der Waals surface area contributed by atoms with Crippen molar-refractivity contribution in [1.29, 1.82) is 0 Å². The molecule has 1 heterocycles. The Morgan fingerprint density at radius 2 is 1.66 bits per heavy atom. The second-order valence-electron chi connectivity index (χ2n) is 10.9. The quantitative estimate of drug-likeness (QED) is 0.671. The van der Waals surface area contributed by atoms with Crippen molar-refractivity contribution in [1.82, 2.24) is 14.5 Å². The van der Waals surface area contributed by atoms with Crippen molar-refractivity contribution in [3.63, 3.8) is 0 Å². The van der Waals surface area contributed by atoms with Gasteiger partial charge < -0.3 is 10.2 Å². The lowest BCUT2D eigenvalue weighted by Crippen LogP contribution is -2.66. The number of carbonyl (C=O) groups excluding carboxylic acids is 2. The first-order valence-electron chi connectivity index (χ1n) is 12.1. The number of halogens is 3. The van der Waals surface area contributed by atoms with Gasteiger partial charge in [0.15, 0.2) is 0 Å². The maximum Gasteiger partial charge on any atom is 0.416 e. The van der Waals surface area contributed by atoms with E-state index in [4.69, 9.17) is 0 Å². The van der Waals surface area contributed by atoms with Crippen LogP contribution in [0.5, 0.6) is 0 Å². The standard InChI is InChI=1S/C24H30F3N3O4S/c1-16(31)28-23-13-17-9-18(14-23)12-22(11-17,15-23)21(32)29-5-7-30(8-6-29)35(33,34)20-4-2-3-19(10-20)24(25,26)27/h2-4,10,17-18H,5-9,11-15H2,1H3,(H,28,31)/t17-,18-,22?,23?/m0/s1. The number of sulfonamides is 1. The van der Waals surface area contributed by atoms with Crippen molar-refractivity contribution in [3.05, 3.63) is 29.8 Å². The summed E-state index contributed by atoms with van der Waals surface area (Å²) < 4.78 is 66.4. The Bertz CT molecular complexity index is 1130. The summed E-state index contributed by atoms with van der Waals surface area (Å²) in [6.45, 7) is 1.97. The minimum Gasteiger partial charge on any atom is -0.351 e. The number of nitrogens with zero attached hydrogens (tertiary/aromatic N) is 2. The Balaban J connectivity index is 1.29. The molecule has 1 aromatic carbocycles. The van der Waals surface area contributed by atoms with Crippen LogP contribution in [0.3, 0.4) is 0 Å². The Labute approximate surface area is 203 Å². The molecule has 0 unspecified atom stereocenters. The molecule has 4 saturated carbocycles. The van der Waals surface area contributed by atoms with Gasteiger partial charge in [-0.1, -0.05) is 6.07 Å². The third kappa shape index (κ3) is 4.34. The van der Waals surface area contributed by atoms with E-state index >= 15 is 0 Å². The molecule has 6 rings (SSSR count). The summed E-state index contributed by atoms with van der Waals surface area (Å²) in [6.07, 6.45) is 0.470. The van der Waals surface area contributed by atoms with Gasteiger partial charge in [0.2, 0.25) is 21.8 Å². The summed E-state index contributed by atoms with van der Waals surface area (Å²) >= 11 is 0. The zero-order valence-electron chi connectivity index (χ0n) is 19.6. The van der Waals surface area contributed by atoms with Gasteiger partial charge in [0.25, 0.3) is 0 Å². The van der Waals surface area contributed by atoms with Crippen molar-refractivity contribution < 1.29 is 31.2 Å². The van der Waals surface area contributed by atoms with Gasteiger partial charge in [-0.15, -0.1) is 0 Å². The monoisotopic (exact) mass is 513 g/mol. The Morgan fingerprint density at radius 1 is 1.03 bits per heavy atom. The van der Waals surface area contributed by atoms with Crippen LogP contribution in [0.2, 0.25) is 0 Å². The van der Waals surface area contributed by atoms with Crippen molar-refractivity contribution in [3.8, 4) is 0 Å². The van der Waals surface area contributed by atoms with Gasteiger partial charge in [-0.05, 0) is 68.6 Å². The van der Waals surface area contributed by atoms with E-state index in [1.807, 2.05) is 0 Å². The maximum absolute atomic E-state index is 13.8. The van der Waals surface area contributed by atoms with E-state index in [2.05, 4.69) is 5.32 Å². The molecule has 4 bridgehead atoms. The molecule has 0 spiro atoms. The summed E-state index contributed by atoms with van der Waals surface area (Å²) in [4.78, 5) is 27.0. The second-order valence-corrected chi connectivity index (χ2v) is 12.9. The number of hydrogen-bond donors (Lipinski definition) is 1. The van der Waals surface area contributed by atoms with Crippen LogP contribution in [0.4, 0.5) is 13.2 Å². The van der Waals surface area contributed by atoms with Gasteiger partial charge in [0.05, 0.1) is 15.9 Å². The molecule has 11 heteroatoms. The van der Waals surface area contributed by atoms with Crippen molar-refractivity contribution in [2.45, 2.75) is 62.1 Å². The minimum atomic E-state index is -4.64. The summed E-state index contributed by atoms with van der Waals surface area (Å²) in [5, 5.41) is 3.15. The number of hydrogen-bond acceptors (Lipinski definition) is 4. The van der Waals surface area contributed by atoms with Gasteiger partial charge in [0, 0.05) is 38.6 Å². The highest BCUT2D eigenvalue weighted by atomic mass is 32.2. The molecule has 7 nitrogen and oxygen atoms in total. The average molecular weight is 514 g/mol. The van der Waals surface area contributed by atoms with Crippen LogP contribution >= 0.6 is 0 Å². The van der Waals surface area contributed by atoms with Crippen LogP contribution in [-0.2, 0) is 25.8 Å². The van der Waals surface area contributed by atoms with Crippen LogP contribution in [0.1, 0.15) is 51.0 Å². The maximum atomic E-state index is 13.8. The Morgan fingerprint density at radius 3 is 2.23 bits per heavy atom. The van der Waals surface area contributed by atoms with Crippen molar-refractivity contribution in [2.75, 3.05) is 26.2 Å². The number of rotatable bonds is 4. The SMILES string of the molecule is CC(=O)NC12C[C@H]3C[C@H](C1)CC(C(=O)N1CCN(S(=O)(=O)c4cccc(C(F)(F)F)c4)CC1)(C3)C2. The lowest BCUT2D eigenvalue weighted by atomic mass is 9.46. The fourth-order valence-corrected chi connectivity index (χ4v) is 8.95. The first kappa shape index (κ1) is 24.5. The summed E-state index contributed by atoms with van der Waals surface area (Å²) in [5.41, 5.74) is -1.88. The first-order valence-corrected chi connectivity index (χ1v) is 13.5. The first-order chi connectivity index (χ1) is 16.3. The minimum absolute atomic E-state index is 0.0254. The zero-order valence-corrected chi connectivity index (χ0v) is 20.4. The van der Waals surface area contributed by atoms with E-state index < -0.39 is 32.1 Å². The molecule has 1 aliphatic heterocycles. The largest absolute Gasteiger partial charge is 0.416 e. The number of amides is 2. The zero-order chi connectivity index (χ0) is 25.2. The molecular weight excluding hydrogens is 483 g/mol. The van der Waals surface area contributed by atoms with E-state index in [-0.39, 0.29) is 43.5 Å². The summed E-state index contributed by atoms with van der Waals surface area (Å²) in [7, 11) is -4.11. The molecule has 5 fully saturated rings. The predicted octanol–water partition coefficient (Wildman–Crippen LogP) is 3.01. The molecular formula is C24H30F3N3O4S. The van der Waals surface area contributed by atoms with Crippen LogP contribution in [0, 0.1) is 17.3 Å². The molecule has 1 N–H and O–H groups in total.